The maximum atomic E-state index is 11.6. The lowest BCUT2D eigenvalue weighted by Gasteiger charge is -2.21. The van der Waals surface area contributed by atoms with E-state index in [0.717, 1.165) is 11.0 Å². The predicted octanol–water partition coefficient (Wildman–Crippen LogP) is 1.63. The van der Waals surface area contributed by atoms with Gasteiger partial charge in [0, 0.05) is 0 Å². The van der Waals surface area contributed by atoms with Crippen molar-refractivity contribution in [2.75, 3.05) is 7.11 Å². The van der Waals surface area contributed by atoms with Crippen molar-refractivity contribution in [3.63, 3.8) is 0 Å². The van der Waals surface area contributed by atoms with Crippen molar-refractivity contribution < 1.29 is 9.53 Å². The van der Waals surface area contributed by atoms with Crippen LogP contribution in [0.2, 0.25) is 0 Å². The molecule has 0 fully saturated rings. The second-order valence-electron chi connectivity index (χ2n) is 4.61. The van der Waals surface area contributed by atoms with Gasteiger partial charge in [-0.2, -0.15) is 0 Å². The molecule has 2 rings (SSSR count). The second kappa shape index (κ2) is 4.16. The van der Waals surface area contributed by atoms with Crippen LogP contribution >= 0.6 is 0 Å². The smallest absolute Gasteiger partial charge is 0.313 e. The Morgan fingerprint density at radius 1 is 1.41 bits per heavy atom. The number of fused-ring (bicyclic) bond motifs is 1. The normalized spacial score (nSPS) is 11.7. The van der Waals surface area contributed by atoms with Crippen LogP contribution in [0.5, 0.6) is 0 Å². The van der Waals surface area contributed by atoms with Crippen LogP contribution in [0, 0.1) is 5.41 Å². The molecule has 17 heavy (non-hydrogen) atoms. The molecule has 0 saturated heterocycles. The van der Waals surface area contributed by atoms with Crippen LogP contribution in [-0.4, -0.2) is 28.1 Å². The molecule has 0 atom stereocenters. The number of nitrogens with zero attached hydrogens (tertiary/aromatic N) is 3. The van der Waals surface area contributed by atoms with Gasteiger partial charge < -0.3 is 4.74 Å². The Labute approximate surface area is 99.4 Å². The van der Waals surface area contributed by atoms with Crippen LogP contribution in [0.15, 0.2) is 24.3 Å². The zero-order valence-electron chi connectivity index (χ0n) is 10.2. The van der Waals surface area contributed by atoms with Gasteiger partial charge in [0.05, 0.1) is 24.6 Å². The topological polar surface area (TPSA) is 57.0 Å². The molecule has 90 valence electrons. The Kier molecular flexibility index (Phi) is 2.83. The highest BCUT2D eigenvalue weighted by molar-refractivity contribution is 5.77. The van der Waals surface area contributed by atoms with Crippen LogP contribution in [0.25, 0.3) is 11.0 Å². The Morgan fingerprint density at radius 3 is 2.82 bits per heavy atom. The van der Waals surface area contributed by atoms with Crippen LogP contribution in [0.3, 0.4) is 0 Å². The van der Waals surface area contributed by atoms with E-state index in [1.54, 1.807) is 4.68 Å². The Hall–Kier alpha value is -1.91. The number of methoxy groups -OCH3 is 1. The molecule has 2 aromatic rings. The number of ether oxygens (including phenoxy) is 1. The first-order valence-electron chi connectivity index (χ1n) is 5.41. The second-order valence-corrected chi connectivity index (χ2v) is 4.61. The van der Waals surface area contributed by atoms with Gasteiger partial charge in [0.2, 0.25) is 0 Å². The SMILES string of the molecule is COC(=O)C(C)(C)Cn1nnc2ccccc21. The molecule has 0 bridgehead atoms. The first-order valence-corrected chi connectivity index (χ1v) is 5.41. The highest BCUT2D eigenvalue weighted by Crippen LogP contribution is 2.21. The number of rotatable bonds is 3. The third kappa shape index (κ3) is 2.13. The molecule has 0 radical (unpaired) electrons. The van der Waals surface area contributed by atoms with E-state index in [-0.39, 0.29) is 5.97 Å². The van der Waals surface area contributed by atoms with E-state index in [4.69, 9.17) is 4.74 Å². The molecule has 0 aliphatic rings. The minimum atomic E-state index is -0.620. The van der Waals surface area contributed by atoms with Crippen molar-refractivity contribution in [2.45, 2.75) is 20.4 Å². The van der Waals surface area contributed by atoms with E-state index >= 15 is 0 Å². The zero-order valence-corrected chi connectivity index (χ0v) is 10.2. The molecule has 0 unspecified atom stereocenters. The summed E-state index contributed by atoms with van der Waals surface area (Å²) < 4.78 is 6.50. The van der Waals surface area contributed by atoms with Crippen molar-refractivity contribution in [1.29, 1.82) is 0 Å². The van der Waals surface area contributed by atoms with Crippen molar-refractivity contribution in [3.05, 3.63) is 24.3 Å². The first-order chi connectivity index (χ1) is 8.04. The summed E-state index contributed by atoms with van der Waals surface area (Å²) in [7, 11) is 1.39. The van der Waals surface area contributed by atoms with Gasteiger partial charge in [0.15, 0.2) is 0 Å². The molecule has 5 heteroatoms. The van der Waals surface area contributed by atoms with E-state index in [0.29, 0.717) is 6.54 Å². The van der Waals surface area contributed by atoms with E-state index in [2.05, 4.69) is 10.3 Å². The summed E-state index contributed by atoms with van der Waals surface area (Å²) in [6.07, 6.45) is 0. The van der Waals surface area contributed by atoms with E-state index < -0.39 is 5.41 Å². The van der Waals surface area contributed by atoms with Crippen molar-refractivity contribution in [2.24, 2.45) is 5.41 Å². The molecule has 0 spiro atoms. The van der Waals surface area contributed by atoms with E-state index in [1.165, 1.54) is 7.11 Å². The lowest BCUT2D eigenvalue weighted by Crippen LogP contribution is -2.31. The van der Waals surface area contributed by atoms with E-state index in [1.807, 2.05) is 38.1 Å². The minimum absolute atomic E-state index is 0.253. The van der Waals surface area contributed by atoms with Crippen LogP contribution in [0.1, 0.15) is 13.8 Å². The highest BCUT2D eigenvalue weighted by Gasteiger charge is 2.30. The summed E-state index contributed by atoms with van der Waals surface area (Å²) in [4.78, 5) is 11.6. The summed E-state index contributed by atoms with van der Waals surface area (Å²) in [5.41, 5.74) is 1.13. The molecule has 0 amide bonds. The number of carbonyl (C=O) groups excluding carboxylic acids is 1. The summed E-state index contributed by atoms with van der Waals surface area (Å²) in [6, 6.07) is 7.66. The first kappa shape index (κ1) is 11.6. The highest BCUT2D eigenvalue weighted by atomic mass is 16.5. The quantitative estimate of drug-likeness (QED) is 0.756. The number of benzene rings is 1. The number of hydrogen-bond acceptors (Lipinski definition) is 4. The fourth-order valence-corrected chi connectivity index (χ4v) is 1.75. The average Bonchev–Trinajstić information content (AvgIpc) is 2.71. The Morgan fingerprint density at radius 2 is 2.12 bits per heavy atom. The molecule has 1 heterocycles. The van der Waals surface area contributed by atoms with E-state index in [9.17, 15) is 4.79 Å². The number of para-hydroxylation sites is 1. The van der Waals surface area contributed by atoms with Crippen molar-refractivity contribution >= 4 is 17.0 Å². The molecule has 1 aromatic heterocycles. The maximum absolute atomic E-state index is 11.6. The molecule has 0 N–H and O–H groups in total. The summed E-state index contributed by atoms with van der Waals surface area (Å²) in [6.45, 7) is 4.10. The van der Waals surface area contributed by atoms with Gasteiger partial charge in [-0.1, -0.05) is 17.3 Å². The standard InChI is InChI=1S/C12H15N3O2/c1-12(2,11(16)17-3)8-15-10-7-5-4-6-9(10)13-14-15/h4-7H,8H2,1-3H3. The minimum Gasteiger partial charge on any atom is -0.469 e. The summed E-state index contributed by atoms with van der Waals surface area (Å²) >= 11 is 0. The van der Waals surface area contributed by atoms with Crippen LogP contribution < -0.4 is 0 Å². The van der Waals surface area contributed by atoms with Crippen molar-refractivity contribution in [1.82, 2.24) is 15.0 Å². The van der Waals surface area contributed by atoms with Crippen LogP contribution in [0.4, 0.5) is 0 Å². The third-order valence-electron chi connectivity index (χ3n) is 2.70. The Balaban J connectivity index is 2.33. The summed E-state index contributed by atoms with van der Waals surface area (Å²) in [5.74, 6) is -0.253. The lowest BCUT2D eigenvalue weighted by atomic mass is 9.94. The number of aromatic nitrogens is 3. The molecular formula is C12H15N3O2. The molecule has 0 aliphatic heterocycles. The molecule has 0 saturated carbocycles. The number of hydrogen-bond donors (Lipinski definition) is 0. The zero-order chi connectivity index (χ0) is 12.5. The van der Waals surface area contributed by atoms with Gasteiger partial charge in [-0.05, 0) is 26.0 Å². The molecule has 0 aliphatic carbocycles. The number of carbonyl (C=O) groups is 1. The predicted molar refractivity (Wildman–Crippen MR) is 63.3 cm³/mol. The van der Waals surface area contributed by atoms with Gasteiger partial charge in [-0.3, -0.25) is 4.79 Å². The van der Waals surface area contributed by atoms with Gasteiger partial charge in [0.1, 0.15) is 5.52 Å². The number of esters is 1. The van der Waals surface area contributed by atoms with Gasteiger partial charge in [-0.25, -0.2) is 4.68 Å². The average molecular weight is 233 g/mol. The van der Waals surface area contributed by atoms with Gasteiger partial charge in [-0.15, -0.1) is 5.10 Å². The summed E-state index contributed by atoms with van der Waals surface area (Å²) in [5, 5.41) is 8.10. The molecule has 1 aromatic carbocycles. The molecule has 5 nitrogen and oxygen atoms in total. The fourth-order valence-electron chi connectivity index (χ4n) is 1.75. The van der Waals surface area contributed by atoms with Crippen molar-refractivity contribution in [3.8, 4) is 0 Å². The van der Waals surface area contributed by atoms with Crippen LogP contribution in [-0.2, 0) is 16.1 Å². The lowest BCUT2D eigenvalue weighted by molar-refractivity contribution is -0.151. The molecular weight excluding hydrogens is 218 g/mol. The monoisotopic (exact) mass is 233 g/mol. The largest absolute Gasteiger partial charge is 0.469 e. The fraction of sp³-hybridized carbons (Fsp3) is 0.417. The van der Waals surface area contributed by atoms with Gasteiger partial charge in [0.25, 0.3) is 0 Å². The van der Waals surface area contributed by atoms with Gasteiger partial charge >= 0.3 is 5.97 Å². The third-order valence-corrected chi connectivity index (χ3v) is 2.70. The Bertz CT molecular complexity index is 545. The maximum Gasteiger partial charge on any atom is 0.313 e.